The molecule has 0 aliphatic carbocycles. The number of nitrogens with one attached hydrogen (secondary N) is 2. The van der Waals surface area contributed by atoms with Crippen LogP contribution in [0.3, 0.4) is 0 Å². The van der Waals surface area contributed by atoms with Crippen molar-refractivity contribution in [2.75, 3.05) is 14.1 Å². The van der Waals surface area contributed by atoms with Crippen LogP contribution in [0.25, 0.3) is 0 Å². The first-order valence-electron chi connectivity index (χ1n) is 3.17. The number of hydrazine groups is 2. The van der Waals surface area contributed by atoms with Crippen molar-refractivity contribution in [1.82, 2.24) is 20.9 Å². The Morgan fingerprint density at radius 1 is 1.70 bits per heavy atom. The summed E-state index contributed by atoms with van der Waals surface area (Å²) < 4.78 is 0. The normalized spacial score (nSPS) is 26.3. The van der Waals surface area contributed by atoms with Crippen molar-refractivity contribution in [3.8, 4) is 0 Å². The van der Waals surface area contributed by atoms with Gasteiger partial charge in [0.25, 0.3) is 0 Å². The average Bonchev–Trinajstić information content (AvgIpc) is 2.09. The molecule has 5 nitrogen and oxygen atoms in total. The van der Waals surface area contributed by atoms with E-state index in [1.807, 2.05) is 6.92 Å². The van der Waals surface area contributed by atoms with Gasteiger partial charge in [-0.25, -0.2) is 20.7 Å². The molecule has 2 amide bonds. The Hall–Kier alpha value is -0.810. The highest BCUT2D eigenvalue weighted by atomic mass is 16.2. The van der Waals surface area contributed by atoms with Gasteiger partial charge in [-0.3, -0.25) is 5.01 Å². The van der Waals surface area contributed by atoms with E-state index in [0.29, 0.717) is 0 Å². The first-order chi connectivity index (χ1) is 4.66. The highest BCUT2D eigenvalue weighted by Gasteiger charge is 2.30. The van der Waals surface area contributed by atoms with E-state index < -0.39 is 0 Å². The molecule has 1 atom stereocenters. The van der Waals surface area contributed by atoms with Crippen LogP contribution in [-0.2, 0) is 0 Å². The van der Waals surface area contributed by atoms with Crippen LogP contribution in [0.2, 0.25) is 0 Å². The molecule has 1 unspecified atom stereocenters. The predicted molar refractivity (Wildman–Crippen MR) is 36.7 cm³/mol. The van der Waals surface area contributed by atoms with E-state index in [0.717, 1.165) is 0 Å². The summed E-state index contributed by atoms with van der Waals surface area (Å²) in [4.78, 5) is 11.1. The number of nitrogens with zero attached hydrogens (tertiary/aromatic N) is 2. The molecule has 1 aliphatic rings. The van der Waals surface area contributed by atoms with Gasteiger partial charge in [-0.1, -0.05) is 0 Å². The molecule has 0 radical (unpaired) electrons. The molecular formula is C5H12N4O. The molecule has 0 aromatic rings. The lowest BCUT2D eigenvalue weighted by molar-refractivity contribution is 0.174. The Bertz CT molecular complexity index is 149. The minimum Gasteiger partial charge on any atom is -0.260 e. The SMILES string of the molecule is CNN1C(=O)N(C)NC1C. The van der Waals surface area contributed by atoms with Crippen LogP contribution >= 0.6 is 0 Å². The van der Waals surface area contributed by atoms with Crippen molar-refractivity contribution in [2.45, 2.75) is 13.1 Å². The van der Waals surface area contributed by atoms with Gasteiger partial charge < -0.3 is 0 Å². The Morgan fingerprint density at radius 3 is 2.50 bits per heavy atom. The second-order valence-electron chi connectivity index (χ2n) is 2.24. The third kappa shape index (κ3) is 0.932. The second kappa shape index (κ2) is 2.43. The number of rotatable bonds is 1. The third-order valence-corrected chi connectivity index (χ3v) is 1.50. The summed E-state index contributed by atoms with van der Waals surface area (Å²) in [5.41, 5.74) is 5.69. The number of urea groups is 1. The Kier molecular flexibility index (Phi) is 1.78. The summed E-state index contributed by atoms with van der Waals surface area (Å²) in [6.45, 7) is 1.90. The fraction of sp³-hybridized carbons (Fsp3) is 0.800. The zero-order valence-corrected chi connectivity index (χ0v) is 6.38. The molecule has 0 saturated carbocycles. The molecular weight excluding hydrogens is 132 g/mol. The van der Waals surface area contributed by atoms with Crippen LogP contribution in [0.15, 0.2) is 0 Å². The fourth-order valence-electron chi connectivity index (χ4n) is 1.01. The van der Waals surface area contributed by atoms with Crippen molar-refractivity contribution < 1.29 is 4.79 Å². The van der Waals surface area contributed by atoms with Crippen molar-refractivity contribution >= 4 is 6.03 Å². The molecule has 2 N–H and O–H groups in total. The fourth-order valence-corrected chi connectivity index (χ4v) is 1.01. The van der Waals surface area contributed by atoms with Gasteiger partial charge in [0.1, 0.15) is 6.17 Å². The van der Waals surface area contributed by atoms with E-state index in [4.69, 9.17) is 0 Å². The maximum atomic E-state index is 11.1. The number of carbonyl (C=O) groups excluding carboxylic acids is 1. The van der Waals surface area contributed by atoms with Gasteiger partial charge in [-0.05, 0) is 6.92 Å². The van der Waals surface area contributed by atoms with Gasteiger partial charge in [0.05, 0.1) is 0 Å². The molecule has 1 rings (SSSR count). The number of hydrogen-bond acceptors (Lipinski definition) is 3. The van der Waals surface area contributed by atoms with E-state index in [1.54, 1.807) is 14.1 Å². The molecule has 10 heavy (non-hydrogen) atoms. The standard InChI is InChI=1S/C5H12N4O/c1-4-7-8(3)5(10)9(4)6-2/h4,6-7H,1-3H3. The van der Waals surface area contributed by atoms with Gasteiger partial charge in [-0.2, -0.15) is 0 Å². The maximum absolute atomic E-state index is 11.1. The first-order valence-corrected chi connectivity index (χ1v) is 3.17. The largest absolute Gasteiger partial charge is 0.350 e. The summed E-state index contributed by atoms with van der Waals surface area (Å²) in [5.74, 6) is 0. The highest BCUT2D eigenvalue weighted by molar-refractivity contribution is 5.75. The molecule has 58 valence electrons. The van der Waals surface area contributed by atoms with Crippen molar-refractivity contribution in [3.05, 3.63) is 0 Å². The summed E-state index contributed by atoms with van der Waals surface area (Å²) in [6.07, 6.45) is 0.0301. The lowest BCUT2D eigenvalue weighted by atomic mass is 10.6. The quantitative estimate of drug-likeness (QED) is 0.513. The summed E-state index contributed by atoms with van der Waals surface area (Å²) in [6, 6.07) is -0.0602. The third-order valence-electron chi connectivity index (χ3n) is 1.50. The second-order valence-corrected chi connectivity index (χ2v) is 2.24. The lowest BCUT2D eigenvalue weighted by Gasteiger charge is -2.15. The molecule has 1 aliphatic heterocycles. The van der Waals surface area contributed by atoms with Gasteiger partial charge in [0, 0.05) is 14.1 Å². The maximum Gasteiger partial charge on any atom is 0.350 e. The molecule has 0 aromatic heterocycles. The van der Waals surface area contributed by atoms with Gasteiger partial charge in [-0.15, -0.1) is 0 Å². The zero-order valence-electron chi connectivity index (χ0n) is 6.38. The predicted octanol–water partition coefficient (Wildman–Crippen LogP) is -0.661. The zero-order chi connectivity index (χ0) is 7.72. The van der Waals surface area contributed by atoms with E-state index in [9.17, 15) is 4.79 Å². The summed E-state index contributed by atoms with van der Waals surface area (Å²) in [5, 5.41) is 2.96. The van der Waals surface area contributed by atoms with Crippen LogP contribution in [0.4, 0.5) is 4.79 Å². The highest BCUT2D eigenvalue weighted by Crippen LogP contribution is 2.03. The Balaban J connectivity index is 2.64. The Morgan fingerprint density at radius 2 is 2.30 bits per heavy atom. The number of hydrogen-bond donors (Lipinski definition) is 2. The summed E-state index contributed by atoms with van der Waals surface area (Å²) >= 11 is 0. The molecule has 0 aromatic carbocycles. The first kappa shape index (κ1) is 7.30. The van der Waals surface area contributed by atoms with Crippen LogP contribution < -0.4 is 10.9 Å². The van der Waals surface area contributed by atoms with Crippen LogP contribution in [0.1, 0.15) is 6.92 Å². The molecule has 0 spiro atoms. The monoisotopic (exact) mass is 144 g/mol. The van der Waals surface area contributed by atoms with Crippen molar-refractivity contribution in [2.24, 2.45) is 0 Å². The minimum absolute atomic E-state index is 0.0301. The van der Waals surface area contributed by atoms with Crippen molar-refractivity contribution in [1.29, 1.82) is 0 Å². The lowest BCUT2D eigenvalue weighted by Crippen LogP contribution is -2.42. The van der Waals surface area contributed by atoms with Gasteiger partial charge >= 0.3 is 6.03 Å². The van der Waals surface area contributed by atoms with Crippen LogP contribution in [-0.4, -0.2) is 36.3 Å². The van der Waals surface area contributed by atoms with Gasteiger partial charge in [0.15, 0.2) is 0 Å². The number of amides is 2. The smallest absolute Gasteiger partial charge is 0.260 e. The van der Waals surface area contributed by atoms with E-state index in [1.165, 1.54) is 10.0 Å². The van der Waals surface area contributed by atoms with Crippen LogP contribution in [0, 0.1) is 0 Å². The topological polar surface area (TPSA) is 47.6 Å². The molecule has 1 heterocycles. The van der Waals surface area contributed by atoms with Crippen molar-refractivity contribution in [3.63, 3.8) is 0 Å². The molecule has 5 heteroatoms. The average molecular weight is 144 g/mol. The van der Waals surface area contributed by atoms with E-state index in [-0.39, 0.29) is 12.2 Å². The molecule has 1 fully saturated rings. The molecule has 1 saturated heterocycles. The van der Waals surface area contributed by atoms with E-state index >= 15 is 0 Å². The minimum atomic E-state index is -0.0602. The van der Waals surface area contributed by atoms with Crippen LogP contribution in [0.5, 0.6) is 0 Å². The summed E-state index contributed by atoms with van der Waals surface area (Å²) in [7, 11) is 3.41. The Labute approximate surface area is 59.9 Å². The van der Waals surface area contributed by atoms with E-state index in [2.05, 4.69) is 10.9 Å². The number of carbonyl (C=O) groups is 1. The molecule has 0 bridgehead atoms. The van der Waals surface area contributed by atoms with Gasteiger partial charge in [0.2, 0.25) is 0 Å².